The molecule has 0 saturated carbocycles. The smallest absolute Gasteiger partial charge is 0.315 e. The first-order valence-corrected chi connectivity index (χ1v) is 10.7. The summed E-state index contributed by atoms with van der Waals surface area (Å²) in [5.74, 6) is 1.04. The lowest BCUT2D eigenvalue weighted by Crippen LogP contribution is -2.05. The summed E-state index contributed by atoms with van der Waals surface area (Å²) in [4.78, 5) is 11.8. The first-order chi connectivity index (χ1) is 14.7. The number of carbonyl (C=O) groups is 1. The molecule has 0 bridgehead atoms. The van der Waals surface area contributed by atoms with Crippen molar-refractivity contribution < 1.29 is 14.3 Å². The van der Waals surface area contributed by atoms with E-state index in [1.54, 1.807) is 24.3 Å². The van der Waals surface area contributed by atoms with E-state index >= 15 is 0 Å². The zero-order chi connectivity index (χ0) is 21.2. The molecule has 0 aliphatic carbocycles. The first kappa shape index (κ1) is 21.5. The fourth-order valence-corrected chi connectivity index (χ4v) is 3.44. The van der Waals surface area contributed by atoms with Crippen LogP contribution in [0.3, 0.4) is 0 Å². The van der Waals surface area contributed by atoms with Crippen LogP contribution in [0.1, 0.15) is 33.1 Å². The highest BCUT2D eigenvalue weighted by molar-refractivity contribution is 7.17. The van der Waals surface area contributed by atoms with E-state index in [-0.39, 0.29) is 12.4 Å². The molecule has 5 nitrogen and oxygen atoms in total. The molecule has 0 atom stereocenters. The Kier molecular flexibility index (Phi) is 7.95. The second-order valence-corrected chi connectivity index (χ2v) is 7.48. The molecule has 1 heterocycles. The molecule has 6 heteroatoms. The van der Waals surface area contributed by atoms with Crippen molar-refractivity contribution in [3.05, 3.63) is 66.4 Å². The summed E-state index contributed by atoms with van der Waals surface area (Å²) < 4.78 is 11.0. The van der Waals surface area contributed by atoms with Gasteiger partial charge in [-0.2, -0.15) is 0 Å². The number of esters is 1. The van der Waals surface area contributed by atoms with Gasteiger partial charge in [-0.25, -0.2) is 0 Å². The van der Waals surface area contributed by atoms with E-state index in [1.807, 2.05) is 43.3 Å². The quantitative estimate of drug-likeness (QED) is 0.182. The van der Waals surface area contributed by atoms with Crippen LogP contribution in [0, 0.1) is 0 Å². The van der Waals surface area contributed by atoms with Gasteiger partial charge in [-0.3, -0.25) is 4.79 Å². The predicted octanol–water partition coefficient (Wildman–Crippen LogP) is 6.08. The van der Waals surface area contributed by atoms with Gasteiger partial charge in [0.15, 0.2) is 0 Å². The summed E-state index contributed by atoms with van der Waals surface area (Å²) in [5, 5.41) is 10.3. The number of benzene rings is 2. The molecule has 30 heavy (non-hydrogen) atoms. The molecule has 1 aromatic heterocycles. The van der Waals surface area contributed by atoms with Gasteiger partial charge in [0.1, 0.15) is 21.5 Å². The molecule has 0 aliphatic heterocycles. The highest BCUT2D eigenvalue weighted by Gasteiger charge is 2.10. The molecule has 0 spiro atoms. The molecule has 0 fully saturated rings. The Labute approximate surface area is 180 Å². The summed E-state index contributed by atoms with van der Waals surface area (Å²) in [6.45, 7) is 4.72. The van der Waals surface area contributed by atoms with Crippen molar-refractivity contribution in [3.63, 3.8) is 0 Å². The van der Waals surface area contributed by atoms with Crippen LogP contribution in [0.15, 0.2) is 66.4 Å². The topological polar surface area (TPSA) is 61.3 Å². The second kappa shape index (κ2) is 11.1. The van der Waals surface area contributed by atoms with E-state index in [4.69, 9.17) is 9.47 Å². The van der Waals surface area contributed by atoms with Crippen LogP contribution in [0.25, 0.3) is 21.1 Å². The molecule has 2 aromatic carbocycles. The Hall–Kier alpha value is -3.21. The highest BCUT2D eigenvalue weighted by atomic mass is 32.1. The Morgan fingerprint density at radius 1 is 1.00 bits per heavy atom. The number of hydrogen-bond acceptors (Lipinski definition) is 6. The minimum Gasteiger partial charge on any atom is -0.494 e. The Morgan fingerprint density at radius 3 is 2.17 bits per heavy atom. The van der Waals surface area contributed by atoms with Crippen molar-refractivity contribution in [1.29, 1.82) is 0 Å². The Balaban J connectivity index is 1.63. The SMILES string of the molecule is CC=C=CCC(=O)Oc1ccc(-c2nnc(-c3ccc(OCCCC)cc3)s2)cc1. The molecule has 0 amide bonds. The summed E-state index contributed by atoms with van der Waals surface area (Å²) in [5.41, 5.74) is 4.78. The maximum absolute atomic E-state index is 11.8. The number of rotatable bonds is 9. The van der Waals surface area contributed by atoms with Gasteiger partial charge in [0.25, 0.3) is 0 Å². The van der Waals surface area contributed by atoms with Gasteiger partial charge in [-0.1, -0.05) is 24.7 Å². The van der Waals surface area contributed by atoms with E-state index in [0.29, 0.717) is 5.75 Å². The highest BCUT2D eigenvalue weighted by Crippen LogP contribution is 2.31. The van der Waals surface area contributed by atoms with Gasteiger partial charge in [-0.15, -0.1) is 15.9 Å². The number of aromatic nitrogens is 2. The summed E-state index contributed by atoms with van der Waals surface area (Å²) in [6, 6.07) is 15.2. The van der Waals surface area contributed by atoms with Crippen molar-refractivity contribution >= 4 is 17.3 Å². The van der Waals surface area contributed by atoms with Crippen LogP contribution in [0.2, 0.25) is 0 Å². The maximum atomic E-state index is 11.8. The van der Waals surface area contributed by atoms with Crippen LogP contribution in [-0.2, 0) is 4.79 Å². The molecule has 3 aromatic rings. The second-order valence-electron chi connectivity index (χ2n) is 6.50. The first-order valence-electron chi connectivity index (χ1n) is 9.93. The normalized spacial score (nSPS) is 10.2. The Bertz CT molecular complexity index is 1020. The lowest BCUT2D eigenvalue weighted by molar-refractivity contribution is -0.133. The van der Waals surface area contributed by atoms with E-state index in [0.717, 1.165) is 46.3 Å². The molecule has 0 aliphatic rings. The fourth-order valence-electron chi connectivity index (χ4n) is 2.58. The third-order valence-electron chi connectivity index (χ3n) is 4.18. The molecular formula is C24H24N2O3S. The lowest BCUT2D eigenvalue weighted by Gasteiger charge is -2.05. The van der Waals surface area contributed by atoms with Crippen molar-refractivity contribution in [2.24, 2.45) is 0 Å². The average molecular weight is 421 g/mol. The number of unbranched alkanes of at least 4 members (excludes halogenated alkanes) is 1. The van der Waals surface area contributed by atoms with Gasteiger partial charge in [-0.05, 0) is 74.0 Å². The van der Waals surface area contributed by atoms with Crippen molar-refractivity contribution in [3.8, 4) is 32.6 Å². The van der Waals surface area contributed by atoms with Crippen LogP contribution in [0.4, 0.5) is 0 Å². The van der Waals surface area contributed by atoms with Crippen molar-refractivity contribution in [1.82, 2.24) is 10.2 Å². The molecule has 0 radical (unpaired) electrons. The number of hydrogen-bond donors (Lipinski definition) is 0. The largest absolute Gasteiger partial charge is 0.494 e. The van der Waals surface area contributed by atoms with Crippen LogP contribution >= 0.6 is 11.3 Å². The van der Waals surface area contributed by atoms with Gasteiger partial charge >= 0.3 is 5.97 Å². The minimum atomic E-state index is -0.322. The van der Waals surface area contributed by atoms with Crippen LogP contribution in [0.5, 0.6) is 11.5 Å². The number of ether oxygens (including phenoxy) is 2. The van der Waals surface area contributed by atoms with E-state index < -0.39 is 0 Å². The molecule has 0 unspecified atom stereocenters. The molecule has 3 rings (SSSR count). The van der Waals surface area contributed by atoms with Crippen LogP contribution in [-0.4, -0.2) is 22.8 Å². The molecule has 154 valence electrons. The standard InChI is InChI=1S/C24H24N2O3S/c1-3-5-7-8-22(27)29-21-15-11-19(12-16-21)24-26-25-23(30-24)18-9-13-20(14-10-18)28-17-6-4-2/h3,7,9-16H,4,6,8,17H2,1-2H3. The summed E-state index contributed by atoms with van der Waals surface area (Å²) >= 11 is 1.51. The third kappa shape index (κ3) is 6.14. The van der Waals surface area contributed by atoms with Gasteiger partial charge < -0.3 is 9.47 Å². The van der Waals surface area contributed by atoms with Crippen molar-refractivity contribution in [2.75, 3.05) is 6.61 Å². The van der Waals surface area contributed by atoms with Gasteiger partial charge in [0, 0.05) is 11.1 Å². The predicted molar refractivity (Wildman–Crippen MR) is 120 cm³/mol. The van der Waals surface area contributed by atoms with E-state index in [1.165, 1.54) is 11.3 Å². The van der Waals surface area contributed by atoms with Gasteiger partial charge in [0.05, 0.1) is 13.0 Å². The van der Waals surface area contributed by atoms with E-state index in [2.05, 4.69) is 22.9 Å². The zero-order valence-electron chi connectivity index (χ0n) is 17.1. The fraction of sp³-hybridized carbons (Fsp3) is 0.250. The maximum Gasteiger partial charge on any atom is 0.315 e. The van der Waals surface area contributed by atoms with Crippen LogP contribution < -0.4 is 9.47 Å². The molecule has 0 saturated heterocycles. The third-order valence-corrected chi connectivity index (χ3v) is 5.20. The zero-order valence-corrected chi connectivity index (χ0v) is 17.9. The number of nitrogens with zero attached hydrogens (tertiary/aromatic N) is 2. The summed E-state index contributed by atoms with van der Waals surface area (Å²) in [6.07, 6.45) is 5.74. The van der Waals surface area contributed by atoms with Crippen molar-refractivity contribution in [2.45, 2.75) is 33.1 Å². The minimum absolute atomic E-state index is 0.189. The van der Waals surface area contributed by atoms with E-state index in [9.17, 15) is 4.79 Å². The number of carbonyl (C=O) groups excluding carboxylic acids is 1. The summed E-state index contributed by atoms with van der Waals surface area (Å²) in [7, 11) is 0. The lowest BCUT2D eigenvalue weighted by atomic mass is 10.2. The van der Waals surface area contributed by atoms with Gasteiger partial charge in [0.2, 0.25) is 0 Å². The average Bonchev–Trinajstić information content (AvgIpc) is 3.25. The molecule has 0 N–H and O–H groups in total. The molecular weight excluding hydrogens is 396 g/mol. The Morgan fingerprint density at radius 2 is 1.60 bits per heavy atom. The monoisotopic (exact) mass is 420 g/mol.